The van der Waals surface area contributed by atoms with E-state index in [1.54, 1.807) is 36.9 Å². The van der Waals surface area contributed by atoms with Crippen LogP contribution in [0.5, 0.6) is 11.5 Å². The van der Waals surface area contributed by atoms with Crippen molar-refractivity contribution in [1.29, 1.82) is 0 Å². The molecule has 0 unspecified atom stereocenters. The first-order valence-corrected chi connectivity index (χ1v) is 8.64. The fourth-order valence-corrected chi connectivity index (χ4v) is 2.64. The molecule has 1 amide bonds. The molecule has 0 atom stereocenters. The van der Waals surface area contributed by atoms with Gasteiger partial charge < -0.3 is 9.47 Å². The van der Waals surface area contributed by atoms with Gasteiger partial charge in [0.1, 0.15) is 0 Å². The number of hydrogen-bond acceptors (Lipinski definition) is 5. The molecule has 128 valence electrons. The Morgan fingerprint density at radius 2 is 2.25 bits per heavy atom. The van der Waals surface area contributed by atoms with Crippen molar-refractivity contribution in [2.24, 2.45) is 5.92 Å². The van der Waals surface area contributed by atoms with E-state index >= 15 is 0 Å². The number of carbonyl (C=O) groups is 1. The molecule has 5 nitrogen and oxygen atoms in total. The van der Waals surface area contributed by atoms with E-state index < -0.39 is 0 Å². The standard InChI is InChI=1S/C17H19ClN2O3S/c1-11(2)10-23-16-13(18)8-12(9-14(16)22-3)4-5-15(21)20-17-19-6-7-24-17/h4-9,11H,10H2,1-3H3,(H,19,20,21)/b5-4+. The van der Waals surface area contributed by atoms with Crippen LogP contribution in [0.3, 0.4) is 0 Å². The van der Waals surface area contributed by atoms with Gasteiger partial charge in [0, 0.05) is 17.7 Å². The quantitative estimate of drug-likeness (QED) is 0.733. The molecular formula is C17H19ClN2O3S. The number of thiazole rings is 1. The Balaban J connectivity index is 2.11. The number of benzene rings is 1. The second kappa shape index (κ2) is 8.70. The number of nitrogens with one attached hydrogen (secondary N) is 1. The zero-order valence-electron chi connectivity index (χ0n) is 13.7. The summed E-state index contributed by atoms with van der Waals surface area (Å²) in [5.41, 5.74) is 0.739. The van der Waals surface area contributed by atoms with Gasteiger partial charge in [-0.1, -0.05) is 25.4 Å². The Hall–Kier alpha value is -2.05. The van der Waals surface area contributed by atoms with E-state index in [4.69, 9.17) is 21.1 Å². The molecule has 0 aliphatic rings. The summed E-state index contributed by atoms with van der Waals surface area (Å²) < 4.78 is 11.0. The van der Waals surface area contributed by atoms with Gasteiger partial charge in [0.05, 0.1) is 18.7 Å². The van der Waals surface area contributed by atoms with Gasteiger partial charge in [-0.25, -0.2) is 4.98 Å². The maximum absolute atomic E-state index is 11.8. The van der Waals surface area contributed by atoms with Gasteiger partial charge in [-0.05, 0) is 29.7 Å². The van der Waals surface area contributed by atoms with E-state index in [0.717, 1.165) is 5.56 Å². The molecule has 1 aromatic carbocycles. The number of carbonyl (C=O) groups excluding carboxylic acids is 1. The second-order valence-electron chi connectivity index (χ2n) is 5.40. The molecule has 1 heterocycles. The molecule has 0 fully saturated rings. The smallest absolute Gasteiger partial charge is 0.250 e. The largest absolute Gasteiger partial charge is 0.493 e. The first-order chi connectivity index (χ1) is 11.5. The van der Waals surface area contributed by atoms with Crippen LogP contribution in [0, 0.1) is 5.92 Å². The van der Waals surface area contributed by atoms with E-state index in [2.05, 4.69) is 24.1 Å². The van der Waals surface area contributed by atoms with Gasteiger partial charge in [0.2, 0.25) is 5.91 Å². The first kappa shape index (κ1) is 18.3. The van der Waals surface area contributed by atoms with Crippen molar-refractivity contribution in [3.05, 3.63) is 40.4 Å². The molecule has 1 aromatic heterocycles. The van der Waals surface area contributed by atoms with Crippen LogP contribution in [0.1, 0.15) is 19.4 Å². The SMILES string of the molecule is COc1cc(/C=C/C(=O)Nc2nccs2)cc(Cl)c1OCC(C)C. The zero-order chi connectivity index (χ0) is 17.5. The molecule has 7 heteroatoms. The normalized spacial score (nSPS) is 11.0. The van der Waals surface area contributed by atoms with Crippen LogP contribution in [0.2, 0.25) is 5.02 Å². The lowest BCUT2D eigenvalue weighted by Crippen LogP contribution is -2.07. The summed E-state index contributed by atoms with van der Waals surface area (Å²) in [6.45, 7) is 4.65. The number of amides is 1. The highest BCUT2D eigenvalue weighted by Crippen LogP contribution is 2.37. The van der Waals surface area contributed by atoms with Crippen LogP contribution in [0.25, 0.3) is 6.08 Å². The highest BCUT2D eigenvalue weighted by Gasteiger charge is 2.12. The molecule has 2 aromatic rings. The number of nitrogens with zero attached hydrogens (tertiary/aromatic N) is 1. The number of rotatable bonds is 7. The van der Waals surface area contributed by atoms with Crippen molar-refractivity contribution in [2.45, 2.75) is 13.8 Å². The monoisotopic (exact) mass is 366 g/mol. The molecule has 0 aliphatic heterocycles. The molecule has 2 rings (SSSR count). The highest BCUT2D eigenvalue weighted by atomic mass is 35.5. The Kier molecular flexibility index (Phi) is 6.63. The number of halogens is 1. The van der Waals surface area contributed by atoms with Gasteiger partial charge in [-0.2, -0.15) is 0 Å². The average Bonchev–Trinajstić information content (AvgIpc) is 3.04. The summed E-state index contributed by atoms with van der Waals surface area (Å²) in [5.74, 6) is 1.15. The lowest BCUT2D eigenvalue weighted by molar-refractivity contribution is -0.111. The van der Waals surface area contributed by atoms with Crippen molar-refractivity contribution in [3.63, 3.8) is 0 Å². The predicted octanol–water partition coefficient (Wildman–Crippen LogP) is 4.49. The Morgan fingerprint density at radius 1 is 1.46 bits per heavy atom. The van der Waals surface area contributed by atoms with Crippen molar-refractivity contribution >= 4 is 40.1 Å². The molecule has 0 spiro atoms. The number of anilines is 1. The minimum atomic E-state index is -0.264. The molecule has 0 saturated carbocycles. The summed E-state index contributed by atoms with van der Waals surface area (Å²) in [7, 11) is 1.55. The van der Waals surface area contributed by atoms with Crippen LogP contribution >= 0.6 is 22.9 Å². The topological polar surface area (TPSA) is 60.5 Å². The van der Waals surface area contributed by atoms with Crippen LogP contribution in [0.15, 0.2) is 29.8 Å². The van der Waals surface area contributed by atoms with Crippen molar-refractivity contribution in [1.82, 2.24) is 4.98 Å². The van der Waals surface area contributed by atoms with Crippen LogP contribution in [-0.4, -0.2) is 24.6 Å². The third-order valence-corrected chi connectivity index (χ3v) is 3.87. The molecule has 24 heavy (non-hydrogen) atoms. The average molecular weight is 367 g/mol. The number of ether oxygens (including phenoxy) is 2. The Bertz CT molecular complexity index is 715. The van der Waals surface area contributed by atoms with Crippen LogP contribution in [0.4, 0.5) is 5.13 Å². The van der Waals surface area contributed by atoms with E-state index in [1.165, 1.54) is 17.4 Å². The summed E-state index contributed by atoms with van der Waals surface area (Å²) in [6.07, 6.45) is 4.70. The van der Waals surface area contributed by atoms with Crippen LogP contribution < -0.4 is 14.8 Å². The van der Waals surface area contributed by atoms with Crippen molar-refractivity contribution < 1.29 is 14.3 Å². The van der Waals surface area contributed by atoms with Crippen molar-refractivity contribution in [3.8, 4) is 11.5 Å². The van der Waals surface area contributed by atoms with Gasteiger partial charge in [0.25, 0.3) is 0 Å². The summed E-state index contributed by atoms with van der Waals surface area (Å²) in [6, 6.07) is 3.50. The second-order valence-corrected chi connectivity index (χ2v) is 6.70. The summed E-state index contributed by atoms with van der Waals surface area (Å²) in [5, 5.41) is 5.46. The number of aromatic nitrogens is 1. The predicted molar refractivity (Wildman–Crippen MR) is 98.1 cm³/mol. The van der Waals surface area contributed by atoms with E-state index in [-0.39, 0.29) is 5.91 Å². The molecular weight excluding hydrogens is 348 g/mol. The van der Waals surface area contributed by atoms with Crippen LogP contribution in [-0.2, 0) is 4.79 Å². The van der Waals surface area contributed by atoms with Crippen molar-refractivity contribution in [2.75, 3.05) is 19.0 Å². The summed E-state index contributed by atoms with van der Waals surface area (Å²) >= 11 is 7.64. The Morgan fingerprint density at radius 3 is 2.88 bits per heavy atom. The minimum Gasteiger partial charge on any atom is -0.493 e. The molecule has 0 saturated heterocycles. The maximum Gasteiger partial charge on any atom is 0.250 e. The highest BCUT2D eigenvalue weighted by molar-refractivity contribution is 7.13. The Labute approximate surface area is 150 Å². The number of hydrogen-bond donors (Lipinski definition) is 1. The number of methoxy groups -OCH3 is 1. The zero-order valence-corrected chi connectivity index (χ0v) is 15.3. The minimum absolute atomic E-state index is 0.264. The van der Waals surface area contributed by atoms with E-state index in [9.17, 15) is 4.79 Å². The summed E-state index contributed by atoms with van der Waals surface area (Å²) in [4.78, 5) is 15.8. The van der Waals surface area contributed by atoms with E-state index in [1.807, 2.05) is 0 Å². The molecule has 0 aliphatic carbocycles. The maximum atomic E-state index is 11.8. The fourth-order valence-electron chi connectivity index (χ4n) is 1.83. The fraction of sp³-hybridized carbons (Fsp3) is 0.294. The van der Waals surface area contributed by atoms with Gasteiger partial charge in [0.15, 0.2) is 16.6 Å². The lowest BCUT2D eigenvalue weighted by atomic mass is 10.1. The van der Waals surface area contributed by atoms with Gasteiger partial charge >= 0.3 is 0 Å². The van der Waals surface area contributed by atoms with Gasteiger partial charge in [-0.15, -0.1) is 11.3 Å². The molecule has 1 N–H and O–H groups in total. The molecule has 0 radical (unpaired) electrons. The third-order valence-electron chi connectivity index (χ3n) is 2.90. The lowest BCUT2D eigenvalue weighted by Gasteiger charge is -2.14. The first-order valence-electron chi connectivity index (χ1n) is 7.38. The van der Waals surface area contributed by atoms with E-state index in [0.29, 0.717) is 34.2 Å². The third kappa shape index (κ3) is 5.25. The molecule has 0 bridgehead atoms. The van der Waals surface area contributed by atoms with Gasteiger partial charge in [-0.3, -0.25) is 10.1 Å².